The van der Waals surface area contributed by atoms with Crippen molar-refractivity contribution < 1.29 is 19.0 Å². The maximum atomic E-state index is 11.4. The second-order valence-corrected chi connectivity index (χ2v) is 17.7. The lowest BCUT2D eigenvalue weighted by Gasteiger charge is -2.46. The SMILES string of the molecule is C=C[C@@H](C)[C@H](OCc1ccccc1)[C@@H]1O[C@H](CCCO[Si](c2ccccc2)(c2ccccc2)C(C)(C)C)[C@@H](C)[C@H](C)[C@H]1O. The first-order chi connectivity index (χ1) is 20.6. The van der Waals surface area contributed by atoms with E-state index in [1.165, 1.54) is 10.4 Å². The summed E-state index contributed by atoms with van der Waals surface area (Å²) < 4.78 is 20.4. The molecule has 1 aliphatic heterocycles. The summed E-state index contributed by atoms with van der Waals surface area (Å²) in [7, 11) is -2.58. The molecule has 1 saturated heterocycles. The minimum absolute atomic E-state index is 0.00555. The lowest BCUT2D eigenvalue weighted by atomic mass is 9.77. The van der Waals surface area contributed by atoms with E-state index >= 15 is 0 Å². The number of hydrogen-bond acceptors (Lipinski definition) is 4. The molecule has 0 spiro atoms. The standard InChI is InChI=1S/C38H52O4Si/c1-8-28(2)36(40-27-31-19-12-9-13-20-31)37-35(39)30(4)29(3)34(42-37)25-18-26-41-43(38(5,6)7,32-21-14-10-15-22-32)33-23-16-11-17-24-33/h8-17,19-24,28-30,34-37,39H,1,18,25-27H2,2-7H3/t28-,29+,30+,34-,35-,36+,37-/m1/s1. The molecule has 0 bridgehead atoms. The van der Waals surface area contributed by atoms with Gasteiger partial charge in [-0.25, -0.2) is 0 Å². The molecule has 1 heterocycles. The predicted molar refractivity (Wildman–Crippen MR) is 180 cm³/mol. The van der Waals surface area contributed by atoms with Crippen LogP contribution in [0.2, 0.25) is 5.04 Å². The van der Waals surface area contributed by atoms with Crippen molar-refractivity contribution in [3.63, 3.8) is 0 Å². The Balaban J connectivity index is 1.49. The van der Waals surface area contributed by atoms with Crippen molar-refractivity contribution in [2.24, 2.45) is 17.8 Å². The third-order valence-corrected chi connectivity index (χ3v) is 14.5. The average Bonchev–Trinajstić information content (AvgIpc) is 3.02. The Morgan fingerprint density at radius 3 is 1.93 bits per heavy atom. The summed E-state index contributed by atoms with van der Waals surface area (Å²) in [5.74, 6) is 0.331. The van der Waals surface area contributed by atoms with Crippen LogP contribution in [0.1, 0.15) is 59.9 Å². The molecule has 4 rings (SSSR count). The minimum Gasteiger partial charge on any atom is -0.407 e. The van der Waals surface area contributed by atoms with Crippen molar-refractivity contribution in [3.05, 3.63) is 109 Å². The van der Waals surface area contributed by atoms with Crippen LogP contribution in [0.5, 0.6) is 0 Å². The van der Waals surface area contributed by atoms with Crippen LogP contribution in [0.4, 0.5) is 0 Å². The van der Waals surface area contributed by atoms with E-state index in [0.717, 1.165) is 18.4 Å². The van der Waals surface area contributed by atoms with E-state index in [4.69, 9.17) is 13.9 Å². The molecule has 0 amide bonds. The van der Waals surface area contributed by atoms with Crippen molar-refractivity contribution in [1.29, 1.82) is 0 Å². The molecule has 3 aromatic rings. The summed E-state index contributed by atoms with van der Waals surface area (Å²) in [6, 6.07) is 31.8. The number of ether oxygens (including phenoxy) is 2. The summed E-state index contributed by atoms with van der Waals surface area (Å²) in [6.45, 7) is 18.5. The largest absolute Gasteiger partial charge is 0.407 e. The first-order valence-corrected chi connectivity index (χ1v) is 17.9. The lowest BCUT2D eigenvalue weighted by Crippen LogP contribution is -2.66. The van der Waals surface area contributed by atoms with Crippen LogP contribution in [0.3, 0.4) is 0 Å². The zero-order valence-electron chi connectivity index (χ0n) is 27.0. The van der Waals surface area contributed by atoms with Gasteiger partial charge in [0.25, 0.3) is 8.32 Å². The fourth-order valence-electron chi connectivity index (χ4n) is 6.68. The van der Waals surface area contributed by atoms with Gasteiger partial charge in [0.15, 0.2) is 0 Å². The number of benzene rings is 3. The molecule has 1 aliphatic rings. The van der Waals surface area contributed by atoms with E-state index in [9.17, 15) is 5.11 Å². The van der Waals surface area contributed by atoms with Crippen molar-refractivity contribution in [2.75, 3.05) is 6.61 Å². The minimum atomic E-state index is -2.58. The molecule has 1 fully saturated rings. The Hall–Kier alpha value is -2.54. The van der Waals surface area contributed by atoms with Crippen LogP contribution in [-0.2, 0) is 20.5 Å². The molecule has 0 saturated carbocycles. The number of hydrogen-bond donors (Lipinski definition) is 1. The molecule has 0 aromatic heterocycles. The van der Waals surface area contributed by atoms with Crippen LogP contribution in [-0.4, -0.2) is 44.4 Å². The lowest BCUT2D eigenvalue weighted by molar-refractivity contribution is -0.218. The highest BCUT2D eigenvalue weighted by atomic mass is 28.4. The van der Waals surface area contributed by atoms with Crippen LogP contribution >= 0.6 is 0 Å². The van der Waals surface area contributed by atoms with Crippen LogP contribution in [0.15, 0.2) is 104 Å². The normalized spacial score (nSPS) is 24.3. The van der Waals surface area contributed by atoms with Gasteiger partial charge in [0.2, 0.25) is 0 Å². The highest BCUT2D eigenvalue weighted by Crippen LogP contribution is 2.39. The molecule has 0 unspecified atom stereocenters. The van der Waals surface area contributed by atoms with E-state index in [0.29, 0.717) is 13.2 Å². The van der Waals surface area contributed by atoms with Gasteiger partial charge in [-0.2, -0.15) is 0 Å². The van der Waals surface area contributed by atoms with E-state index in [2.05, 4.69) is 121 Å². The second-order valence-electron chi connectivity index (χ2n) is 13.4. The van der Waals surface area contributed by atoms with Gasteiger partial charge in [0, 0.05) is 12.5 Å². The van der Waals surface area contributed by atoms with Crippen molar-refractivity contribution in [2.45, 2.75) is 90.4 Å². The summed E-state index contributed by atoms with van der Waals surface area (Å²) >= 11 is 0. The molecule has 1 N–H and O–H groups in total. The molecule has 43 heavy (non-hydrogen) atoms. The molecular formula is C38H52O4Si. The topological polar surface area (TPSA) is 47.9 Å². The van der Waals surface area contributed by atoms with Gasteiger partial charge in [-0.3, -0.25) is 0 Å². The van der Waals surface area contributed by atoms with Gasteiger partial charge in [-0.05, 0) is 45.7 Å². The van der Waals surface area contributed by atoms with Gasteiger partial charge >= 0.3 is 0 Å². The molecule has 0 aliphatic carbocycles. The van der Waals surface area contributed by atoms with Gasteiger partial charge in [0.05, 0.1) is 24.9 Å². The van der Waals surface area contributed by atoms with Gasteiger partial charge in [-0.15, -0.1) is 6.58 Å². The zero-order chi connectivity index (χ0) is 31.0. The highest BCUT2D eigenvalue weighted by Gasteiger charge is 2.50. The Morgan fingerprint density at radius 2 is 1.42 bits per heavy atom. The molecule has 7 atom stereocenters. The van der Waals surface area contributed by atoms with Crippen molar-refractivity contribution in [1.82, 2.24) is 0 Å². The van der Waals surface area contributed by atoms with Gasteiger partial charge in [0.1, 0.15) is 6.10 Å². The van der Waals surface area contributed by atoms with Gasteiger partial charge < -0.3 is 19.0 Å². The molecule has 5 heteroatoms. The zero-order valence-corrected chi connectivity index (χ0v) is 28.0. The van der Waals surface area contributed by atoms with E-state index in [1.807, 2.05) is 24.3 Å². The Kier molecular flexibility index (Phi) is 11.6. The summed E-state index contributed by atoms with van der Waals surface area (Å²) in [4.78, 5) is 0. The summed E-state index contributed by atoms with van der Waals surface area (Å²) in [5, 5.41) is 13.9. The molecule has 232 valence electrons. The third-order valence-electron chi connectivity index (χ3n) is 9.49. The Bertz CT molecular complexity index is 1200. The van der Waals surface area contributed by atoms with E-state index in [1.54, 1.807) is 0 Å². The molecule has 3 aromatic carbocycles. The smallest absolute Gasteiger partial charge is 0.261 e. The Labute approximate surface area is 261 Å². The quantitative estimate of drug-likeness (QED) is 0.129. The fourth-order valence-corrected chi connectivity index (χ4v) is 11.3. The van der Waals surface area contributed by atoms with Crippen LogP contribution in [0.25, 0.3) is 0 Å². The predicted octanol–water partition coefficient (Wildman–Crippen LogP) is 7.15. The second kappa shape index (κ2) is 15.0. The summed E-state index contributed by atoms with van der Waals surface area (Å²) in [5.41, 5.74) is 1.10. The number of aliphatic hydroxyl groups is 1. The van der Waals surface area contributed by atoms with Crippen LogP contribution < -0.4 is 10.4 Å². The maximum Gasteiger partial charge on any atom is 0.261 e. The molecular weight excluding hydrogens is 549 g/mol. The van der Waals surface area contributed by atoms with Crippen molar-refractivity contribution in [3.8, 4) is 0 Å². The van der Waals surface area contributed by atoms with Gasteiger partial charge in [-0.1, -0.05) is 139 Å². The fraction of sp³-hybridized carbons (Fsp3) is 0.474. The van der Waals surface area contributed by atoms with Crippen LogP contribution in [0, 0.1) is 17.8 Å². The number of aliphatic hydroxyl groups excluding tert-OH is 1. The molecule has 0 radical (unpaired) electrons. The summed E-state index contributed by atoms with van der Waals surface area (Å²) in [6.07, 6.45) is 2.32. The highest BCUT2D eigenvalue weighted by molar-refractivity contribution is 6.99. The molecule has 4 nitrogen and oxygen atoms in total. The van der Waals surface area contributed by atoms with Crippen molar-refractivity contribution >= 4 is 18.7 Å². The third kappa shape index (κ3) is 7.58. The monoisotopic (exact) mass is 600 g/mol. The van der Waals surface area contributed by atoms with E-state index in [-0.39, 0.29) is 35.0 Å². The average molecular weight is 601 g/mol. The van der Waals surface area contributed by atoms with E-state index < -0.39 is 20.5 Å². The maximum absolute atomic E-state index is 11.4. The Morgan fingerprint density at radius 1 is 0.884 bits per heavy atom. The first kappa shape index (κ1) is 33.4. The first-order valence-electron chi connectivity index (χ1n) is 16.0. The number of rotatable bonds is 13.